The maximum atomic E-state index is 9.50. The van der Waals surface area contributed by atoms with Crippen LogP contribution < -0.4 is 0 Å². The van der Waals surface area contributed by atoms with Crippen LogP contribution in [0.2, 0.25) is 6.04 Å². The third-order valence-corrected chi connectivity index (χ3v) is 16.8. The number of hydrogen-bond acceptors (Lipinski definition) is 1. The summed E-state index contributed by atoms with van der Waals surface area (Å²) in [4.78, 5) is 9.50. The van der Waals surface area contributed by atoms with Crippen LogP contribution in [-0.4, -0.2) is 31.7 Å². The van der Waals surface area contributed by atoms with Crippen molar-refractivity contribution < 1.29 is 4.80 Å². The smallest absolute Gasteiger partial charge is 0.150 e. The minimum Gasteiger partial charge on any atom is -0.439 e. The lowest BCUT2D eigenvalue weighted by Gasteiger charge is -2.06. The van der Waals surface area contributed by atoms with Gasteiger partial charge in [0.2, 0.25) is 0 Å². The molecule has 0 saturated carbocycles. The molecule has 0 radical (unpaired) electrons. The molecule has 0 aliphatic heterocycles. The fourth-order valence-corrected chi connectivity index (χ4v) is 8.25. The molecule has 0 amide bonds. The van der Waals surface area contributed by atoms with E-state index in [1.807, 2.05) is 0 Å². The lowest BCUT2D eigenvalue weighted by atomic mass is 10.1. The van der Waals surface area contributed by atoms with E-state index in [0.717, 1.165) is 5.92 Å². The van der Waals surface area contributed by atoms with E-state index in [1.165, 1.54) is 41.5 Å². The molecule has 12 heavy (non-hydrogen) atoms. The largest absolute Gasteiger partial charge is 0.439 e. The Bertz CT molecular complexity index is 98.3. The first-order valence-corrected chi connectivity index (χ1v) is 15.6. The number of unbranched alkanes of at least 4 members (excludes halogenated alkanes) is 2. The van der Waals surface area contributed by atoms with Gasteiger partial charge in [0.25, 0.3) is 0 Å². The van der Waals surface area contributed by atoms with Gasteiger partial charge in [-0.2, -0.15) is 0 Å². The van der Waals surface area contributed by atoms with Gasteiger partial charge in [-0.25, -0.2) is 0 Å². The molecular weight excluding hydrogens is 196 g/mol. The zero-order valence-corrected chi connectivity index (χ0v) is 13.4. The maximum Gasteiger partial charge on any atom is 0.150 e. The van der Waals surface area contributed by atoms with Crippen LogP contribution in [-0.2, 0) is 0 Å². The molecule has 4 heteroatoms. The molecule has 0 saturated heterocycles. The third kappa shape index (κ3) is 8.70. The minimum atomic E-state index is -1.05. The lowest BCUT2D eigenvalue weighted by molar-refractivity contribution is 0.527. The standard InChI is InChI=1S/C8H24OSi3/c1-8(2)6-4-3-5-7-12(9)11-10/h8-9,12H,3-7,11H2,1-2,10H3. The van der Waals surface area contributed by atoms with Crippen molar-refractivity contribution in [2.75, 3.05) is 0 Å². The van der Waals surface area contributed by atoms with E-state index >= 15 is 0 Å². The van der Waals surface area contributed by atoms with Gasteiger partial charge >= 0.3 is 0 Å². The fraction of sp³-hybridized carbons (Fsp3) is 1.00. The van der Waals surface area contributed by atoms with Gasteiger partial charge in [0, 0.05) is 8.55 Å². The van der Waals surface area contributed by atoms with E-state index in [0.29, 0.717) is 0 Å². The molecule has 1 unspecified atom stereocenters. The Balaban J connectivity index is 3.00. The third-order valence-electron chi connectivity index (χ3n) is 2.29. The highest BCUT2D eigenvalue weighted by Crippen LogP contribution is 2.09. The summed E-state index contributed by atoms with van der Waals surface area (Å²) in [7, 11) is 0.414. The van der Waals surface area contributed by atoms with E-state index in [-0.39, 0.29) is 8.55 Å². The summed E-state index contributed by atoms with van der Waals surface area (Å²) in [5, 5.41) is 0. The molecule has 0 aliphatic rings. The van der Waals surface area contributed by atoms with E-state index in [2.05, 4.69) is 13.8 Å². The van der Waals surface area contributed by atoms with Crippen LogP contribution in [0.5, 0.6) is 0 Å². The number of hydrogen-bond donors (Lipinski definition) is 1. The average molecular weight is 221 g/mol. The van der Waals surface area contributed by atoms with Crippen molar-refractivity contribution in [2.45, 2.75) is 45.6 Å². The Kier molecular flexibility index (Phi) is 8.64. The molecule has 0 rings (SSSR count). The highest BCUT2D eigenvalue weighted by atomic mass is 29.5. The van der Waals surface area contributed by atoms with E-state index in [4.69, 9.17) is 0 Å². The molecule has 0 aromatic heterocycles. The van der Waals surface area contributed by atoms with Gasteiger partial charge in [0.05, 0.1) is 0 Å². The molecule has 0 fully saturated rings. The van der Waals surface area contributed by atoms with Crippen molar-refractivity contribution in [1.82, 2.24) is 0 Å². The van der Waals surface area contributed by atoms with Gasteiger partial charge in [0.1, 0.15) is 8.56 Å². The Morgan fingerprint density at radius 1 is 1.33 bits per heavy atom. The van der Waals surface area contributed by atoms with Crippen LogP contribution in [0.4, 0.5) is 0 Å². The van der Waals surface area contributed by atoms with Crippen LogP contribution in [0.3, 0.4) is 0 Å². The van der Waals surface area contributed by atoms with Crippen molar-refractivity contribution in [3.05, 3.63) is 0 Å². The predicted octanol–water partition coefficient (Wildman–Crippen LogP) is -0.135. The van der Waals surface area contributed by atoms with Crippen molar-refractivity contribution in [1.29, 1.82) is 0 Å². The second kappa shape index (κ2) is 8.22. The summed E-state index contributed by atoms with van der Waals surface area (Å²) in [6, 6.07) is 1.23. The molecule has 0 heterocycles. The first-order valence-electron chi connectivity index (χ1n) is 5.34. The first-order chi connectivity index (χ1) is 5.66. The molecule has 1 N–H and O–H groups in total. The first kappa shape index (κ1) is 12.6. The van der Waals surface area contributed by atoms with Crippen LogP contribution in [0.15, 0.2) is 0 Å². The van der Waals surface area contributed by atoms with Crippen molar-refractivity contribution in [3.63, 3.8) is 0 Å². The molecular formula is C8H24OSi3. The van der Waals surface area contributed by atoms with Crippen LogP contribution in [0.25, 0.3) is 0 Å². The average Bonchev–Trinajstić information content (AvgIpc) is 2.03. The molecule has 1 atom stereocenters. The van der Waals surface area contributed by atoms with Crippen LogP contribution >= 0.6 is 0 Å². The molecule has 0 spiro atoms. The van der Waals surface area contributed by atoms with Crippen molar-refractivity contribution >= 4 is 26.9 Å². The Morgan fingerprint density at radius 3 is 2.50 bits per heavy atom. The van der Waals surface area contributed by atoms with Gasteiger partial charge in [-0.3, -0.25) is 0 Å². The van der Waals surface area contributed by atoms with Crippen molar-refractivity contribution in [3.8, 4) is 0 Å². The molecule has 74 valence electrons. The van der Waals surface area contributed by atoms with E-state index < -0.39 is 8.56 Å². The zero-order valence-electron chi connectivity index (χ0n) is 8.84. The highest BCUT2D eigenvalue weighted by Gasteiger charge is 2.02. The van der Waals surface area contributed by atoms with Crippen LogP contribution in [0.1, 0.15) is 39.5 Å². The van der Waals surface area contributed by atoms with Gasteiger partial charge in [-0.05, 0) is 21.7 Å². The Morgan fingerprint density at radius 2 is 2.00 bits per heavy atom. The van der Waals surface area contributed by atoms with E-state index in [9.17, 15) is 4.80 Å². The number of rotatable bonds is 7. The Hall–Kier alpha value is 0.611. The monoisotopic (exact) mass is 220 g/mol. The topological polar surface area (TPSA) is 20.2 Å². The molecule has 1 nitrogen and oxygen atoms in total. The second-order valence-electron chi connectivity index (χ2n) is 4.09. The summed E-state index contributed by atoms with van der Waals surface area (Å²) >= 11 is 0. The molecule has 0 aromatic carbocycles. The van der Waals surface area contributed by atoms with Gasteiger partial charge in [0.15, 0.2) is 0 Å². The highest BCUT2D eigenvalue weighted by molar-refractivity contribution is 7.28. The lowest BCUT2D eigenvalue weighted by Crippen LogP contribution is -2.21. The second-order valence-corrected chi connectivity index (χ2v) is 19.4. The Labute approximate surface area is 83.5 Å². The van der Waals surface area contributed by atoms with Crippen LogP contribution in [0, 0.1) is 5.92 Å². The van der Waals surface area contributed by atoms with Crippen molar-refractivity contribution in [2.24, 2.45) is 5.92 Å². The summed E-state index contributed by atoms with van der Waals surface area (Å²) in [5.74, 6) is 0.861. The summed E-state index contributed by atoms with van der Waals surface area (Å²) in [5.41, 5.74) is 0. The van der Waals surface area contributed by atoms with Gasteiger partial charge in [-0.15, -0.1) is 0 Å². The predicted molar refractivity (Wildman–Crippen MR) is 66.0 cm³/mol. The minimum absolute atomic E-state index is 0.122. The van der Waals surface area contributed by atoms with Gasteiger partial charge in [-0.1, -0.05) is 39.5 Å². The summed E-state index contributed by atoms with van der Waals surface area (Å²) in [6.07, 6.45) is 5.42. The molecule has 0 aromatic rings. The quantitative estimate of drug-likeness (QED) is 0.468. The SMILES string of the molecule is CC(C)CCCCC[SiH](O)[SiH2][SiH3]. The molecule has 0 bridgehead atoms. The zero-order chi connectivity index (χ0) is 9.40. The van der Waals surface area contributed by atoms with E-state index in [1.54, 1.807) is 0 Å². The maximum absolute atomic E-state index is 9.50. The molecule has 0 aliphatic carbocycles. The fourth-order valence-electron chi connectivity index (χ4n) is 1.31. The van der Waals surface area contributed by atoms with Gasteiger partial charge < -0.3 is 4.80 Å². The summed E-state index contributed by atoms with van der Waals surface area (Å²) in [6.45, 7) is 4.57. The normalized spacial score (nSPS) is 15.0. The summed E-state index contributed by atoms with van der Waals surface area (Å²) < 4.78 is 0.